The van der Waals surface area contributed by atoms with Crippen LogP contribution in [-0.4, -0.2) is 40.9 Å². The minimum Gasteiger partial charge on any atom is -0.478 e. The molecule has 27 heavy (non-hydrogen) atoms. The summed E-state index contributed by atoms with van der Waals surface area (Å²) < 4.78 is 0. The lowest BCUT2D eigenvalue weighted by molar-refractivity contribution is -0.116. The smallest absolute Gasteiger partial charge is 0.335 e. The number of carboxylic acids is 1. The molecule has 0 unspecified atom stereocenters. The molecular weight excluding hydrogens is 344 g/mol. The highest BCUT2D eigenvalue weighted by Gasteiger charge is 2.19. The topological polar surface area (TPSA) is 86.7 Å². The fourth-order valence-electron chi connectivity index (χ4n) is 3.22. The molecule has 140 valence electrons. The van der Waals surface area contributed by atoms with Gasteiger partial charge in [0.25, 0.3) is 5.91 Å². The van der Waals surface area contributed by atoms with Gasteiger partial charge in [-0.3, -0.25) is 9.59 Å². The van der Waals surface area contributed by atoms with E-state index >= 15 is 0 Å². The number of rotatable bonds is 6. The summed E-state index contributed by atoms with van der Waals surface area (Å²) in [6.45, 7) is 1.60. The standard InChI is InChI=1S/C21H22N2O4/c24-19(12-9-15-5-1-2-6-18(15)21(26)27)22-17-10-7-16(8-11-17)20(25)23-13-3-4-14-23/h1-2,5-8,10-11H,3-4,9,12-14H2,(H,22,24)(H,26,27). The molecule has 6 heteroatoms. The lowest BCUT2D eigenvalue weighted by Gasteiger charge is -2.15. The molecule has 2 N–H and O–H groups in total. The van der Waals surface area contributed by atoms with E-state index in [-0.39, 0.29) is 23.8 Å². The number of hydrogen-bond acceptors (Lipinski definition) is 3. The van der Waals surface area contributed by atoms with Gasteiger partial charge in [0.1, 0.15) is 0 Å². The second-order valence-corrected chi connectivity index (χ2v) is 6.59. The molecule has 1 aliphatic rings. The summed E-state index contributed by atoms with van der Waals surface area (Å²) in [5.41, 5.74) is 2.08. The van der Waals surface area contributed by atoms with Crippen molar-refractivity contribution < 1.29 is 19.5 Å². The number of nitrogens with one attached hydrogen (secondary N) is 1. The number of aromatic carboxylic acids is 1. The van der Waals surface area contributed by atoms with Crippen molar-refractivity contribution in [1.82, 2.24) is 4.90 Å². The summed E-state index contributed by atoms with van der Waals surface area (Å²) in [6.07, 6.45) is 2.62. The predicted molar refractivity (Wildman–Crippen MR) is 102 cm³/mol. The quantitative estimate of drug-likeness (QED) is 0.822. The zero-order valence-corrected chi connectivity index (χ0v) is 15.0. The zero-order chi connectivity index (χ0) is 19.2. The first-order valence-corrected chi connectivity index (χ1v) is 9.05. The van der Waals surface area contributed by atoms with Gasteiger partial charge in [-0.1, -0.05) is 18.2 Å². The molecule has 2 amide bonds. The number of amides is 2. The number of hydrogen-bond donors (Lipinski definition) is 2. The van der Waals surface area contributed by atoms with E-state index in [1.165, 1.54) is 6.07 Å². The predicted octanol–water partition coefficient (Wildman–Crippen LogP) is 3.19. The van der Waals surface area contributed by atoms with E-state index in [0.29, 0.717) is 23.2 Å². The van der Waals surface area contributed by atoms with Crippen molar-refractivity contribution in [2.24, 2.45) is 0 Å². The first-order chi connectivity index (χ1) is 13.0. The van der Waals surface area contributed by atoms with E-state index in [9.17, 15) is 19.5 Å². The van der Waals surface area contributed by atoms with Gasteiger partial charge in [-0.2, -0.15) is 0 Å². The Labute approximate surface area is 157 Å². The molecule has 1 saturated heterocycles. The molecule has 0 saturated carbocycles. The van der Waals surface area contributed by atoms with Gasteiger partial charge in [0.05, 0.1) is 5.56 Å². The number of carbonyl (C=O) groups excluding carboxylic acids is 2. The molecule has 1 aliphatic heterocycles. The molecule has 0 atom stereocenters. The minimum atomic E-state index is -0.996. The maximum absolute atomic E-state index is 12.3. The van der Waals surface area contributed by atoms with Crippen LogP contribution in [0.5, 0.6) is 0 Å². The second kappa shape index (κ2) is 8.49. The Morgan fingerprint density at radius 2 is 1.63 bits per heavy atom. The van der Waals surface area contributed by atoms with Crippen molar-refractivity contribution in [3.05, 3.63) is 65.2 Å². The molecular formula is C21H22N2O4. The Morgan fingerprint density at radius 3 is 2.30 bits per heavy atom. The van der Waals surface area contributed by atoms with Crippen LogP contribution >= 0.6 is 0 Å². The average molecular weight is 366 g/mol. The molecule has 3 rings (SSSR count). The number of nitrogens with zero attached hydrogens (tertiary/aromatic N) is 1. The first kappa shape index (κ1) is 18.6. The third kappa shape index (κ3) is 4.73. The van der Waals surface area contributed by atoms with E-state index in [0.717, 1.165) is 25.9 Å². The largest absolute Gasteiger partial charge is 0.478 e. The number of carboxylic acid groups (broad SMARTS) is 1. The van der Waals surface area contributed by atoms with Crippen LogP contribution in [0.25, 0.3) is 0 Å². The molecule has 6 nitrogen and oxygen atoms in total. The Hall–Kier alpha value is -3.15. The molecule has 1 fully saturated rings. The Bertz CT molecular complexity index is 840. The van der Waals surface area contributed by atoms with Crippen LogP contribution in [0.1, 0.15) is 45.5 Å². The monoisotopic (exact) mass is 366 g/mol. The molecule has 0 spiro atoms. The fraction of sp³-hybridized carbons (Fsp3) is 0.286. The Morgan fingerprint density at radius 1 is 0.963 bits per heavy atom. The van der Waals surface area contributed by atoms with Crippen LogP contribution in [0.4, 0.5) is 5.69 Å². The van der Waals surface area contributed by atoms with E-state index < -0.39 is 5.97 Å². The highest BCUT2D eigenvalue weighted by atomic mass is 16.4. The van der Waals surface area contributed by atoms with Gasteiger partial charge in [-0.15, -0.1) is 0 Å². The summed E-state index contributed by atoms with van der Waals surface area (Å²) in [5.74, 6) is -1.17. The van der Waals surface area contributed by atoms with Gasteiger partial charge < -0.3 is 15.3 Å². The van der Waals surface area contributed by atoms with Crippen LogP contribution in [0.15, 0.2) is 48.5 Å². The highest BCUT2D eigenvalue weighted by molar-refractivity contribution is 5.96. The van der Waals surface area contributed by atoms with Gasteiger partial charge in [0, 0.05) is 30.8 Å². The van der Waals surface area contributed by atoms with Gasteiger partial charge in [0.15, 0.2) is 0 Å². The van der Waals surface area contributed by atoms with Gasteiger partial charge in [-0.05, 0) is 55.2 Å². The van der Waals surface area contributed by atoms with Gasteiger partial charge >= 0.3 is 5.97 Å². The number of anilines is 1. The van der Waals surface area contributed by atoms with Crippen molar-refractivity contribution >= 4 is 23.5 Å². The molecule has 2 aromatic carbocycles. The minimum absolute atomic E-state index is 0.0238. The third-order valence-electron chi connectivity index (χ3n) is 4.68. The third-order valence-corrected chi connectivity index (χ3v) is 4.68. The van der Waals surface area contributed by atoms with Crippen LogP contribution in [-0.2, 0) is 11.2 Å². The molecule has 0 aromatic heterocycles. The molecule has 0 bridgehead atoms. The van der Waals surface area contributed by atoms with Crippen LogP contribution in [0.3, 0.4) is 0 Å². The fourth-order valence-corrected chi connectivity index (χ4v) is 3.22. The summed E-state index contributed by atoms with van der Waals surface area (Å²) in [5, 5.41) is 12.0. The maximum Gasteiger partial charge on any atom is 0.335 e. The maximum atomic E-state index is 12.3. The number of carbonyl (C=O) groups is 3. The normalized spacial score (nSPS) is 13.4. The first-order valence-electron chi connectivity index (χ1n) is 9.05. The van der Waals surface area contributed by atoms with Crippen molar-refractivity contribution in [2.75, 3.05) is 18.4 Å². The van der Waals surface area contributed by atoms with E-state index in [1.54, 1.807) is 42.5 Å². The van der Waals surface area contributed by atoms with Crippen LogP contribution in [0.2, 0.25) is 0 Å². The molecule has 0 radical (unpaired) electrons. The van der Waals surface area contributed by atoms with Crippen molar-refractivity contribution in [2.45, 2.75) is 25.7 Å². The van der Waals surface area contributed by atoms with E-state index in [1.807, 2.05) is 4.90 Å². The molecule has 2 aromatic rings. The number of benzene rings is 2. The second-order valence-electron chi connectivity index (χ2n) is 6.59. The van der Waals surface area contributed by atoms with Crippen molar-refractivity contribution in [3.8, 4) is 0 Å². The Balaban J connectivity index is 1.55. The summed E-state index contributed by atoms with van der Waals surface area (Å²) >= 11 is 0. The average Bonchev–Trinajstić information content (AvgIpc) is 3.21. The lowest BCUT2D eigenvalue weighted by Crippen LogP contribution is -2.27. The Kier molecular flexibility index (Phi) is 5.86. The van der Waals surface area contributed by atoms with Gasteiger partial charge in [-0.25, -0.2) is 4.79 Å². The van der Waals surface area contributed by atoms with E-state index in [2.05, 4.69) is 5.32 Å². The number of likely N-dealkylation sites (tertiary alicyclic amines) is 1. The highest BCUT2D eigenvalue weighted by Crippen LogP contribution is 2.16. The van der Waals surface area contributed by atoms with Crippen LogP contribution in [0, 0.1) is 0 Å². The SMILES string of the molecule is O=C(CCc1ccccc1C(=O)O)Nc1ccc(C(=O)N2CCCC2)cc1. The molecule has 1 heterocycles. The van der Waals surface area contributed by atoms with Crippen LogP contribution < -0.4 is 5.32 Å². The zero-order valence-electron chi connectivity index (χ0n) is 15.0. The summed E-state index contributed by atoms with van der Waals surface area (Å²) in [6, 6.07) is 13.5. The van der Waals surface area contributed by atoms with Gasteiger partial charge in [0.2, 0.25) is 5.91 Å². The van der Waals surface area contributed by atoms with Crippen molar-refractivity contribution in [3.63, 3.8) is 0 Å². The molecule has 0 aliphatic carbocycles. The van der Waals surface area contributed by atoms with E-state index in [4.69, 9.17) is 0 Å². The summed E-state index contributed by atoms with van der Waals surface area (Å²) in [4.78, 5) is 37.5. The summed E-state index contributed by atoms with van der Waals surface area (Å²) in [7, 11) is 0. The lowest BCUT2D eigenvalue weighted by atomic mass is 10.0. The van der Waals surface area contributed by atoms with Crippen molar-refractivity contribution in [1.29, 1.82) is 0 Å². The number of aryl methyl sites for hydroxylation is 1.